The molecule has 0 bridgehead atoms. The van der Waals surface area contributed by atoms with Crippen molar-refractivity contribution in [2.75, 3.05) is 18.0 Å². The van der Waals surface area contributed by atoms with E-state index in [1.807, 2.05) is 42.5 Å². The van der Waals surface area contributed by atoms with E-state index in [4.69, 9.17) is 5.10 Å². The van der Waals surface area contributed by atoms with E-state index < -0.39 is 0 Å². The first-order valence-electron chi connectivity index (χ1n) is 9.61. The van der Waals surface area contributed by atoms with Crippen LogP contribution in [0.4, 0.5) is 5.82 Å². The molecule has 2 aliphatic rings. The van der Waals surface area contributed by atoms with E-state index >= 15 is 0 Å². The zero-order chi connectivity index (χ0) is 18.2. The van der Waals surface area contributed by atoms with Crippen molar-refractivity contribution in [3.8, 4) is 11.4 Å². The summed E-state index contributed by atoms with van der Waals surface area (Å²) in [5, 5.41) is 16.4. The molecule has 1 aliphatic carbocycles. The number of anilines is 1. The lowest BCUT2D eigenvalue weighted by molar-refractivity contribution is -0.125. The summed E-state index contributed by atoms with van der Waals surface area (Å²) < 4.78 is 1.80. The van der Waals surface area contributed by atoms with Gasteiger partial charge in [-0.2, -0.15) is 4.52 Å². The maximum atomic E-state index is 12.3. The zero-order valence-corrected chi connectivity index (χ0v) is 15.1. The molecule has 0 unspecified atom stereocenters. The van der Waals surface area contributed by atoms with Gasteiger partial charge in [0.15, 0.2) is 11.5 Å². The molecule has 3 heterocycles. The fourth-order valence-electron chi connectivity index (χ4n) is 3.63. The number of benzene rings is 1. The molecular weight excluding hydrogens is 340 g/mol. The van der Waals surface area contributed by atoms with Crippen molar-refractivity contribution in [3.05, 3.63) is 42.5 Å². The smallest absolute Gasteiger partial charge is 0.223 e. The van der Waals surface area contributed by atoms with E-state index in [1.165, 1.54) is 0 Å². The minimum Gasteiger partial charge on any atom is -0.355 e. The van der Waals surface area contributed by atoms with Crippen molar-refractivity contribution < 1.29 is 4.79 Å². The molecule has 7 heteroatoms. The number of nitrogens with zero attached hydrogens (tertiary/aromatic N) is 5. The Labute approximate surface area is 157 Å². The van der Waals surface area contributed by atoms with Crippen LogP contribution in [0.15, 0.2) is 42.5 Å². The summed E-state index contributed by atoms with van der Waals surface area (Å²) in [7, 11) is 0. The van der Waals surface area contributed by atoms with Crippen molar-refractivity contribution in [1.82, 2.24) is 25.1 Å². The molecule has 138 valence electrons. The molecule has 1 aliphatic heterocycles. The maximum absolute atomic E-state index is 12.3. The van der Waals surface area contributed by atoms with E-state index in [9.17, 15) is 4.79 Å². The summed E-state index contributed by atoms with van der Waals surface area (Å²) in [4.78, 5) is 14.5. The Morgan fingerprint density at radius 1 is 0.963 bits per heavy atom. The van der Waals surface area contributed by atoms with E-state index in [0.717, 1.165) is 61.6 Å². The van der Waals surface area contributed by atoms with Gasteiger partial charge in [-0.25, -0.2) is 0 Å². The standard InChI is InChI=1S/C20H22N6O/c27-20(21-16-6-7-16)15-10-12-25(13-11-15)18-9-8-17-22-23-19(26(17)24-18)14-4-2-1-3-5-14/h1-5,8-9,15-16H,6-7,10-13H2,(H,21,27). The number of rotatable bonds is 4. The lowest BCUT2D eigenvalue weighted by Gasteiger charge is -2.32. The molecule has 2 fully saturated rings. The molecule has 1 aromatic carbocycles. The highest BCUT2D eigenvalue weighted by molar-refractivity contribution is 5.79. The molecular formula is C20H22N6O. The van der Waals surface area contributed by atoms with Crippen LogP contribution in [0.25, 0.3) is 17.0 Å². The number of carbonyl (C=O) groups is 1. The van der Waals surface area contributed by atoms with Crippen LogP contribution in [0.1, 0.15) is 25.7 Å². The SMILES string of the molecule is O=C(NC1CC1)C1CCN(c2ccc3nnc(-c4ccccc4)n3n2)CC1. The minimum atomic E-state index is 0.125. The number of piperidine rings is 1. The van der Waals surface area contributed by atoms with Gasteiger partial charge in [0.2, 0.25) is 5.91 Å². The van der Waals surface area contributed by atoms with Gasteiger partial charge in [0, 0.05) is 30.6 Å². The number of amides is 1. The summed E-state index contributed by atoms with van der Waals surface area (Å²) in [6, 6.07) is 14.3. The van der Waals surface area contributed by atoms with Gasteiger partial charge in [-0.1, -0.05) is 30.3 Å². The topological polar surface area (TPSA) is 75.4 Å². The summed E-state index contributed by atoms with van der Waals surface area (Å²) in [6.45, 7) is 1.67. The van der Waals surface area contributed by atoms with Crippen LogP contribution >= 0.6 is 0 Å². The molecule has 5 rings (SSSR count). The third kappa shape index (κ3) is 3.25. The van der Waals surface area contributed by atoms with E-state index in [1.54, 1.807) is 4.52 Å². The summed E-state index contributed by atoms with van der Waals surface area (Å²) in [5.41, 5.74) is 1.72. The summed E-state index contributed by atoms with van der Waals surface area (Å²) >= 11 is 0. The average Bonchev–Trinajstić information content (AvgIpc) is 3.44. The lowest BCUT2D eigenvalue weighted by atomic mass is 9.96. The van der Waals surface area contributed by atoms with E-state index in [2.05, 4.69) is 20.4 Å². The van der Waals surface area contributed by atoms with Crippen LogP contribution in [0, 0.1) is 5.92 Å². The first kappa shape index (κ1) is 16.2. The van der Waals surface area contributed by atoms with Crippen LogP contribution in [-0.2, 0) is 4.79 Å². The number of hydrogen-bond acceptors (Lipinski definition) is 5. The molecule has 0 atom stereocenters. The van der Waals surface area contributed by atoms with Crippen molar-refractivity contribution >= 4 is 17.4 Å². The highest BCUT2D eigenvalue weighted by Crippen LogP contribution is 2.25. The first-order chi connectivity index (χ1) is 13.3. The van der Waals surface area contributed by atoms with E-state index in [0.29, 0.717) is 6.04 Å². The third-order valence-corrected chi connectivity index (χ3v) is 5.39. The van der Waals surface area contributed by atoms with E-state index in [-0.39, 0.29) is 11.8 Å². The Bertz CT molecular complexity index is 957. The van der Waals surface area contributed by atoms with Crippen molar-refractivity contribution in [3.63, 3.8) is 0 Å². The van der Waals surface area contributed by atoms with Crippen LogP contribution in [-0.4, -0.2) is 44.8 Å². The van der Waals surface area contributed by atoms with Crippen LogP contribution in [0.2, 0.25) is 0 Å². The average molecular weight is 362 g/mol. The van der Waals surface area contributed by atoms with Crippen molar-refractivity contribution in [2.45, 2.75) is 31.7 Å². The number of aromatic nitrogens is 4. The summed E-state index contributed by atoms with van der Waals surface area (Å²) in [5.74, 6) is 2.00. The van der Waals surface area contributed by atoms with Gasteiger partial charge in [-0.05, 0) is 37.8 Å². The first-order valence-corrected chi connectivity index (χ1v) is 9.61. The maximum Gasteiger partial charge on any atom is 0.223 e. The molecule has 1 saturated carbocycles. The molecule has 3 aromatic rings. The lowest BCUT2D eigenvalue weighted by Crippen LogP contribution is -2.41. The fourth-order valence-corrected chi connectivity index (χ4v) is 3.63. The monoisotopic (exact) mass is 362 g/mol. The highest BCUT2D eigenvalue weighted by atomic mass is 16.2. The molecule has 0 spiro atoms. The zero-order valence-electron chi connectivity index (χ0n) is 15.1. The Morgan fingerprint density at radius 3 is 2.48 bits per heavy atom. The summed E-state index contributed by atoms with van der Waals surface area (Å²) in [6.07, 6.45) is 4.01. The molecule has 7 nitrogen and oxygen atoms in total. The van der Waals surface area contributed by atoms with Crippen molar-refractivity contribution in [2.24, 2.45) is 5.92 Å². The second-order valence-electron chi connectivity index (χ2n) is 7.40. The number of nitrogens with one attached hydrogen (secondary N) is 1. The Balaban J connectivity index is 1.34. The molecule has 27 heavy (non-hydrogen) atoms. The van der Waals surface area contributed by atoms with Gasteiger partial charge in [-0.3, -0.25) is 4.79 Å². The number of fused-ring (bicyclic) bond motifs is 1. The normalized spacial score (nSPS) is 18.0. The Kier molecular flexibility index (Phi) is 3.99. The minimum absolute atomic E-state index is 0.125. The van der Waals surface area contributed by atoms with Gasteiger partial charge in [0.25, 0.3) is 0 Å². The quantitative estimate of drug-likeness (QED) is 0.771. The van der Waals surface area contributed by atoms with Crippen LogP contribution < -0.4 is 10.2 Å². The molecule has 1 amide bonds. The molecule has 2 aromatic heterocycles. The highest BCUT2D eigenvalue weighted by Gasteiger charge is 2.30. The Morgan fingerprint density at radius 2 is 1.74 bits per heavy atom. The second kappa shape index (κ2) is 6.64. The van der Waals surface area contributed by atoms with Crippen LogP contribution in [0.5, 0.6) is 0 Å². The van der Waals surface area contributed by atoms with Gasteiger partial charge in [0.05, 0.1) is 0 Å². The second-order valence-corrected chi connectivity index (χ2v) is 7.40. The number of carbonyl (C=O) groups excluding carboxylic acids is 1. The molecule has 0 radical (unpaired) electrons. The molecule has 1 saturated heterocycles. The fraction of sp³-hybridized carbons (Fsp3) is 0.400. The predicted octanol–water partition coefficient (Wildman–Crippen LogP) is 2.29. The predicted molar refractivity (Wildman–Crippen MR) is 102 cm³/mol. The van der Waals surface area contributed by atoms with Gasteiger partial charge in [0.1, 0.15) is 5.82 Å². The number of hydrogen-bond donors (Lipinski definition) is 1. The van der Waals surface area contributed by atoms with Crippen molar-refractivity contribution in [1.29, 1.82) is 0 Å². The van der Waals surface area contributed by atoms with Gasteiger partial charge in [-0.15, -0.1) is 15.3 Å². The largest absolute Gasteiger partial charge is 0.355 e. The van der Waals surface area contributed by atoms with Gasteiger partial charge >= 0.3 is 0 Å². The Hall–Kier alpha value is -2.96. The third-order valence-electron chi connectivity index (χ3n) is 5.39. The van der Waals surface area contributed by atoms with Gasteiger partial charge < -0.3 is 10.2 Å². The van der Waals surface area contributed by atoms with Crippen LogP contribution in [0.3, 0.4) is 0 Å². The molecule has 1 N–H and O–H groups in total.